The van der Waals surface area contributed by atoms with Crippen LogP contribution in [0.1, 0.15) is 24.0 Å². The first-order valence-electron chi connectivity index (χ1n) is 8.95. The zero-order chi connectivity index (χ0) is 19.0. The van der Waals surface area contributed by atoms with Crippen LogP contribution < -0.4 is 9.47 Å². The standard InChI is InChI=1S/C19H18F3NO4/c1-25-17(24)23-8-7-18-11-3-2-4-14(18)26-16-13(27-19(20,21)22)6-5-10(15(16)18)9-12(11)23/h2-3,5-6,11-12,14H,4,7-9H2,1H3/t11?,12?,14-,18?/m0/s1. The number of likely N-dealkylation sites (tertiary alicyclic amines) is 1. The summed E-state index contributed by atoms with van der Waals surface area (Å²) in [5.74, 6) is -0.0786. The molecule has 0 saturated carbocycles. The second-order valence-corrected chi connectivity index (χ2v) is 7.50. The van der Waals surface area contributed by atoms with Gasteiger partial charge in [-0.2, -0.15) is 0 Å². The zero-order valence-corrected chi connectivity index (χ0v) is 14.6. The van der Waals surface area contributed by atoms with Crippen molar-refractivity contribution < 1.29 is 32.2 Å². The molecule has 4 atom stereocenters. The number of nitrogens with zero attached hydrogens (tertiary/aromatic N) is 1. The molecule has 1 saturated heterocycles. The van der Waals surface area contributed by atoms with Gasteiger partial charge >= 0.3 is 12.5 Å². The normalized spacial score (nSPS) is 32.6. The van der Waals surface area contributed by atoms with Gasteiger partial charge in [0.1, 0.15) is 6.10 Å². The number of alkyl halides is 3. The summed E-state index contributed by atoms with van der Waals surface area (Å²) >= 11 is 0. The van der Waals surface area contributed by atoms with Gasteiger partial charge < -0.3 is 19.1 Å². The highest BCUT2D eigenvalue weighted by atomic mass is 19.4. The SMILES string of the molecule is COC(=O)N1CCC23c4c5ccc(OC(F)(F)F)c4O[C@H]2CC=CC3C1C5. The Hall–Kier alpha value is -2.38. The molecule has 1 spiro atoms. The van der Waals surface area contributed by atoms with Crippen molar-refractivity contribution >= 4 is 6.09 Å². The first-order chi connectivity index (χ1) is 12.8. The monoisotopic (exact) mass is 381 g/mol. The predicted molar refractivity (Wildman–Crippen MR) is 87.7 cm³/mol. The Kier molecular flexibility index (Phi) is 3.31. The van der Waals surface area contributed by atoms with Crippen LogP contribution in [0.4, 0.5) is 18.0 Å². The molecule has 5 nitrogen and oxygen atoms in total. The van der Waals surface area contributed by atoms with Gasteiger partial charge in [0.15, 0.2) is 11.5 Å². The number of carbonyl (C=O) groups is 1. The Labute approximate surface area is 153 Å². The number of halogens is 3. The van der Waals surface area contributed by atoms with Crippen LogP contribution in [0.25, 0.3) is 0 Å². The summed E-state index contributed by atoms with van der Waals surface area (Å²) in [4.78, 5) is 14.0. The Morgan fingerprint density at radius 2 is 2.19 bits per heavy atom. The first-order valence-corrected chi connectivity index (χ1v) is 8.95. The van der Waals surface area contributed by atoms with Gasteiger partial charge in [0.2, 0.25) is 0 Å². The van der Waals surface area contributed by atoms with Gasteiger partial charge in [-0.1, -0.05) is 18.2 Å². The second-order valence-electron chi connectivity index (χ2n) is 7.50. The highest BCUT2D eigenvalue weighted by Gasteiger charge is 2.63. The molecule has 3 unspecified atom stereocenters. The molecule has 1 fully saturated rings. The topological polar surface area (TPSA) is 48.0 Å². The summed E-state index contributed by atoms with van der Waals surface area (Å²) < 4.78 is 53.8. The average molecular weight is 381 g/mol. The Balaban J connectivity index is 1.67. The number of hydrogen-bond donors (Lipinski definition) is 0. The molecule has 2 heterocycles. The number of piperidine rings is 1. The summed E-state index contributed by atoms with van der Waals surface area (Å²) in [6.07, 6.45) is 0.498. The third kappa shape index (κ3) is 2.15. The number of hydrogen-bond acceptors (Lipinski definition) is 4. The lowest BCUT2D eigenvalue weighted by atomic mass is 9.54. The average Bonchev–Trinajstić information content (AvgIpc) is 2.95. The maximum atomic E-state index is 12.9. The van der Waals surface area contributed by atoms with Crippen LogP contribution in [0.15, 0.2) is 24.3 Å². The van der Waals surface area contributed by atoms with E-state index in [1.54, 1.807) is 11.0 Å². The van der Waals surface area contributed by atoms with E-state index in [2.05, 4.69) is 10.8 Å². The van der Waals surface area contributed by atoms with Gasteiger partial charge in [-0.25, -0.2) is 4.79 Å². The van der Waals surface area contributed by atoms with E-state index in [0.717, 1.165) is 11.1 Å². The minimum Gasteiger partial charge on any atom is -0.485 e. The van der Waals surface area contributed by atoms with E-state index in [1.807, 2.05) is 6.08 Å². The first kappa shape index (κ1) is 16.8. The van der Waals surface area contributed by atoms with Gasteiger partial charge in [-0.15, -0.1) is 13.2 Å². The molecule has 0 aromatic heterocycles. The maximum absolute atomic E-state index is 12.9. The minimum absolute atomic E-state index is 0.0148. The number of methoxy groups -OCH3 is 1. The molecule has 8 heteroatoms. The summed E-state index contributed by atoms with van der Waals surface area (Å²) in [5, 5.41) is 0. The van der Waals surface area contributed by atoms with Crippen molar-refractivity contribution in [1.29, 1.82) is 0 Å². The lowest BCUT2D eigenvalue weighted by Gasteiger charge is -2.55. The van der Waals surface area contributed by atoms with E-state index in [1.165, 1.54) is 13.2 Å². The minimum atomic E-state index is -4.78. The molecule has 2 aliphatic carbocycles. The fraction of sp³-hybridized carbons (Fsp3) is 0.526. The van der Waals surface area contributed by atoms with Crippen molar-refractivity contribution in [3.8, 4) is 11.5 Å². The molecule has 27 heavy (non-hydrogen) atoms. The van der Waals surface area contributed by atoms with Crippen LogP contribution >= 0.6 is 0 Å². The van der Waals surface area contributed by atoms with Gasteiger partial charge in [0, 0.05) is 35.9 Å². The second kappa shape index (κ2) is 5.33. The van der Waals surface area contributed by atoms with Crippen LogP contribution in [-0.2, 0) is 16.6 Å². The van der Waals surface area contributed by atoms with Crippen LogP contribution in [0.5, 0.6) is 11.5 Å². The molecule has 4 aliphatic rings. The van der Waals surface area contributed by atoms with Crippen LogP contribution in [-0.4, -0.2) is 43.2 Å². The van der Waals surface area contributed by atoms with Crippen molar-refractivity contribution in [2.45, 2.75) is 43.2 Å². The van der Waals surface area contributed by atoms with Crippen LogP contribution in [0, 0.1) is 5.92 Å². The molecule has 0 radical (unpaired) electrons. The van der Waals surface area contributed by atoms with Crippen LogP contribution in [0.3, 0.4) is 0 Å². The molecule has 2 bridgehead atoms. The molecule has 144 valence electrons. The smallest absolute Gasteiger partial charge is 0.485 e. The third-order valence-electron chi connectivity index (χ3n) is 6.44. The molecule has 1 amide bonds. The van der Waals surface area contributed by atoms with E-state index in [9.17, 15) is 18.0 Å². The van der Waals surface area contributed by atoms with E-state index in [-0.39, 0.29) is 35.7 Å². The highest BCUT2D eigenvalue weighted by Crippen LogP contribution is 2.62. The van der Waals surface area contributed by atoms with Crippen molar-refractivity contribution in [3.05, 3.63) is 35.4 Å². The van der Waals surface area contributed by atoms with E-state index in [0.29, 0.717) is 25.8 Å². The highest BCUT2D eigenvalue weighted by molar-refractivity contribution is 5.70. The lowest BCUT2D eigenvalue weighted by molar-refractivity contribution is -0.275. The Bertz CT molecular complexity index is 852. The van der Waals surface area contributed by atoms with E-state index >= 15 is 0 Å². The van der Waals surface area contributed by atoms with E-state index in [4.69, 9.17) is 9.47 Å². The van der Waals surface area contributed by atoms with Crippen molar-refractivity contribution in [1.82, 2.24) is 4.90 Å². The van der Waals surface area contributed by atoms with Crippen LogP contribution in [0.2, 0.25) is 0 Å². The van der Waals surface area contributed by atoms with Crippen molar-refractivity contribution in [2.75, 3.05) is 13.7 Å². The maximum Gasteiger partial charge on any atom is 0.573 e. The summed E-state index contributed by atoms with van der Waals surface area (Å²) in [5.41, 5.74) is 1.34. The third-order valence-corrected chi connectivity index (χ3v) is 6.44. The number of rotatable bonds is 1. The molecular formula is C19H18F3NO4. The quantitative estimate of drug-likeness (QED) is 0.698. The van der Waals surface area contributed by atoms with Gasteiger partial charge in [-0.05, 0) is 24.5 Å². The lowest BCUT2D eigenvalue weighted by Crippen LogP contribution is -2.64. The fourth-order valence-corrected chi connectivity index (χ4v) is 5.57. The Morgan fingerprint density at radius 3 is 2.93 bits per heavy atom. The van der Waals surface area contributed by atoms with Crippen molar-refractivity contribution in [3.63, 3.8) is 0 Å². The molecule has 2 aliphatic heterocycles. The fourth-order valence-electron chi connectivity index (χ4n) is 5.57. The largest absolute Gasteiger partial charge is 0.573 e. The summed E-state index contributed by atoms with van der Waals surface area (Å²) in [6, 6.07) is 2.90. The molecular weight excluding hydrogens is 363 g/mol. The van der Waals surface area contributed by atoms with E-state index < -0.39 is 11.8 Å². The Morgan fingerprint density at radius 1 is 1.37 bits per heavy atom. The molecule has 1 aromatic carbocycles. The predicted octanol–water partition coefficient (Wildman–Crippen LogP) is 3.56. The summed E-state index contributed by atoms with van der Waals surface area (Å²) in [7, 11) is 1.36. The van der Waals surface area contributed by atoms with Crippen molar-refractivity contribution in [2.24, 2.45) is 5.92 Å². The molecule has 0 N–H and O–H groups in total. The zero-order valence-electron chi connectivity index (χ0n) is 14.6. The number of amides is 1. The van der Waals surface area contributed by atoms with Gasteiger partial charge in [0.25, 0.3) is 0 Å². The molecule has 1 aromatic rings. The van der Waals surface area contributed by atoms with Gasteiger partial charge in [-0.3, -0.25) is 0 Å². The number of carbonyl (C=O) groups excluding carboxylic acids is 1. The molecule has 5 rings (SSSR count). The summed E-state index contributed by atoms with van der Waals surface area (Å²) in [6.45, 7) is 0.491. The number of ether oxygens (including phenoxy) is 3. The number of benzene rings is 1. The van der Waals surface area contributed by atoms with Gasteiger partial charge in [0.05, 0.1) is 7.11 Å².